The molecule has 4 N–H and O–H groups in total. The van der Waals surface area contributed by atoms with Crippen molar-refractivity contribution in [3.05, 3.63) is 28.7 Å². The van der Waals surface area contributed by atoms with Gasteiger partial charge in [-0.2, -0.15) is 5.48 Å². The molecule has 0 radical (unpaired) electrons. The van der Waals surface area contributed by atoms with Gasteiger partial charge in [-0.25, -0.2) is 0 Å². The molecule has 0 aliphatic heterocycles. The average Bonchev–Trinajstić information content (AvgIpc) is 2.27. The molecule has 0 aliphatic rings. The average molecular weight is 302 g/mol. The number of nitrogens with one attached hydrogen (secondary N) is 2. The standard InChI is InChI=1S/C10H12BrN3O3/c11-7-1-3-8(4-2-7)14-10(16)5-13-17-6-9(12)15/h1-4,13H,5-6H2,(H2,12,15)(H,14,16). The highest BCUT2D eigenvalue weighted by Gasteiger charge is 2.02. The number of amides is 2. The van der Waals surface area contributed by atoms with Crippen LogP contribution in [0.25, 0.3) is 0 Å². The summed E-state index contributed by atoms with van der Waals surface area (Å²) in [5.74, 6) is -0.886. The second kappa shape index (κ2) is 7.00. The summed E-state index contributed by atoms with van der Waals surface area (Å²) in [6.45, 7) is -0.338. The molecule has 0 fully saturated rings. The van der Waals surface area contributed by atoms with Crippen LogP contribution in [0, 0.1) is 0 Å². The number of primary amides is 1. The fraction of sp³-hybridized carbons (Fsp3) is 0.200. The van der Waals surface area contributed by atoms with Crippen molar-refractivity contribution >= 4 is 33.4 Å². The molecule has 0 spiro atoms. The lowest BCUT2D eigenvalue weighted by atomic mass is 10.3. The highest BCUT2D eigenvalue weighted by molar-refractivity contribution is 9.10. The van der Waals surface area contributed by atoms with E-state index in [1.807, 2.05) is 12.1 Å². The van der Waals surface area contributed by atoms with Gasteiger partial charge in [0.15, 0.2) is 0 Å². The Morgan fingerprint density at radius 3 is 2.53 bits per heavy atom. The van der Waals surface area contributed by atoms with Crippen LogP contribution in [0.3, 0.4) is 0 Å². The third kappa shape index (κ3) is 6.00. The lowest BCUT2D eigenvalue weighted by molar-refractivity contribution is -0.127. The number of nitrogens with two attached hydrogens (primary N) is 1. The summed E-state index contributed by atoms with van der Waals surface area (Å²) >= 11 is 3.29. The lowest BCUT2D eigenvalue weighted by Crippen LogP contribution is -2.31. The molecule has 1 aromatic carbocycles. The highest BCUT2D eigenvalue weighted by Crippen LogP contribution is 2.13. The van der Waals surface area contributed by atoms with E-state index in [-0.39, 0.29) is 19.1 Å². The van der Waals surface area contributed by atoms with Crippen LogP contribution in [0.15, 0.2) is 28.7 Å². The topological polar surface area (TPSA) is 93.5 Å². The molecule has 0 atom stereocenters. The maximum absolute atomic E-state index is 11.4. The molecule has 0 aromatic heterocycles. The number of benzene rings is 1. The van der Waals surface area contributed by atoms with E-state index >= 15 is 0 Å². The van der Waals surface area contributed by atoms with Gasteiger partial charge in [0.2, 0.25) is 11.8 Å². The van der Waals surface area contributed by atoms with Gasteiger partial charge in [0, 0.05) is 10.2 Å². The summed E-state index contributed by atoms with van der Waals surface area (Å²) in [7, 11) is 0. The zero-order chi connectivity index (χ0) is 12.7. The number of anilines is 1. The van der Waals surface area contributed by atoms with E-state index in [0.717, 1.165) is 4.47 Å². The van der Waals surface area contributed by atoms with Gasteiger partial charge in [-0.1, -0.05) is 15.9 Å². The van der Waals surface area contributed by atoms with Crippen LogP contribution in [0.2, 0.25) is 0 Å². The first kappa shape index (κ1) is 13.6. The fourth-order valence-corrected chi connectivity index (χ4v) is 1.24. The van der Waals surface area contributed by atoms with Crippen molar-refractivity contribution in [3.63, 3.8) is 0 Å². The Hall–Kier alpha value is -1.44. The van der Waals surface area contributed by atoms with Crippen molar-refractivity contribution in [2.24, 2.45) is 5.73 Å². The summed E-state index contributed by atoms with van der Waals surface area (Å²) in [5.41, 5.74) is 7.84. The predicted octanol–water partition coefficient (Wildman–Crippen LogP) is 0.394. The number of carbonyl (C=O) groups excluding carboxylic acids is 2. The molecule has 0 aliphatic carbocycles. The Labute approximate surface area is 107 Å². The van der Waals surface area contributed by atoms with Gasteiger partial charge in [0.05, 0.1) is 0 Å². The van der Waals surface area contributed by atoms with Crippen molar-refractivity contribution in [1.29, 1.82) is 0 Å². The second-order valence-corrected chi connectivity index (χ2v) is 4.05. The zero-order valence-electron chi connectivity index (χ0n) is 8.90. The second-order valence-electron chi connectivity index (χ2n) is 3.13. The number of hydroxylamine groups is 1. The molecule has 0 saturated carbocycles. The molecule has 0 unspecified atom stereocenters. The maximum Gasteiger partial charge on any atom is 0.245 e. The largest absolute Gasteiger partial charge is 0.368 e. The maximum atomic E-state index is 11.4. The summed E-state index contributed by atoms with van der Waals surface area (Å²) in [6.07, 6.45) is 0. The summed E-state index contributed by atoms with van der Waals surface area (Å²) < 4.78 is 0.929. The molecule has 2 amide bonds. The third-order valence-electron chi connectivity index (χ3n) is 1.68. The Bertz CT molecular complexity index is 394. The zero-order valence-corrected chi connectivity index (χ0v) is 10.5. The Kier molecular flexibility index (Phi) is 5.61. The molecule has 6 nitrogen and oxygen atoms in total. The molecule has 0 saturated heterocycles. The van der Waals surface area contributed by atoms with Gasteiger partial charge in [-0.15, -0.1) is 0 Å². The lowest BCUT2D eigenvalue weighted by Gasteiger charge is -2.06. The Morgan fingerprint density at radius 2 is 1.94 bits per heavy atom. The normalized spacial score (nSPS) is 9.94. The van der Waals surface area contributed by atoms with Crippen LogP contribution >= 0.6 is 15.9 Å². The van der Waals surface area contributed by atoms with E-state index in [1.54, 1.807) is 12.1 Å². The van der Waals surface area contributed by atoms with Crippen LogP contribution in [-0.2, 0) is 14.4 Å². The molecule has 1 rings (SSSR count). The molecule has 0 heterocycles. The van der Waals surface area contributed by atoms with Crippen molar-refractivity contribution < 1.29 is 14.4 Å². The van der Waals surface area contributed by atoms with E-state index < -0.39 is 5.91 Å². The van der Waals surface area contributed by atoms with Crippen LogP contribution in [0.4, 0.5) is 5.69 Å². The van der Waals surface area contributed by atoms with Gasteiger partial charge in [-0.05, 0) is 24.3 Å². The quantitative estimate of drug-likeness (QED) is 0.523. The fourth-order valence-electron chi connectivity index (χ4n) is 0.977. The monoisotopic (exact) mass is 301 g/mol. The molecule has 1 aromatic rings. The highest BCUT2D eigenvalue weighted by atomic mass is 79.9. The molecular weight excluding hydrogens is 290 g/mol. The first-order valence-electron chi connectivity index (χ1n) is 4.76. The molecule has 7 heteroatoms. The van der Waals surface area contributed by atoms with E-state index in [4.69, 9.17) is 5.73 Å². The molecule has 17 heavy (non-hydrogen) atoms. The number of carbonyl (C=O) groups is 2. The number of hydrogen-bond donors (Lipinski definition) is 3. The number of rotatable bonds is 6. The number of halogens is 1. The van der Waals surface area contributed by atoms with Gasteiger partial charge >= 0.3 is 0 Å². The minimum absolute atomic E-state index is 0.0661. The Balaban J connectivity index is 2.25. The van der Waals surface area contributed by atoms with Crippen LogP contribution < -0.4 is 16.5 Å². The molecule has 0 bridgehead atoms. The van der Waals surface area contributed by atoms with Gasteiger partial charge < -0.3 is 11.1 Å². The molecular formula is C10H12BrN3O3. The number of hydrogen-bond acceptors (Lipinski definition) is 4. The van der Waals surface area contributed by atoms with E-state index in [9.17, 15) is 9.59 Å². The van der Waals surface area contributed by atoms with E-state index in [0.29, 0.717) is 5.69 Å². The van der Waals surface area contributed by atoms with Crippen molar-refractivity contribution in [2.75, 3.05) is 18.5 Å². The third-order valence-corrected chi connectivity index (χ3v) is 2.21. The SMILES string of the molecule is NC(=O)CONCC(=O)Nc1ccc(Br)cc1. The van der Waals surface area contributed by atoms with Gasteiger partial charge in [0.1, 0.15) is 13.2 Å². The minimum atomic E-state index is -0.606. The van der Waals surface area contributed by atoms with Gasteiger partial charge in [-0.3, -0.25) is 14.4 Å². The molecule has 92 valence electrons. The van der Waals surface area contributed by atoms with Crippen LogP contribution in [0.5, 0.6) is 0 Å². The first-order valence-corrected chi connectivity index (χ1v) is 5.55. The summed E-state index contributed by atoms with van der Waals surface area (Å²) in [6, 6.07) is 7.14. The van der Waals surface area contributed by atoms with E-state index in [1.165, 1.54) is 0 Å². The van der Waals surface area contributed by atoms with Crippen molar-refractivity contribution in [3.8, 4) is 0 Å². The predicted molar refractivity (Wildman–Crippen MR) is 65.9 cm³/mol. The Morgan fingerprint density at radius 1 is 1.29 bits per heavy atom. The van der Waals surface area contributed by atoms with E-state index in [2.05, 4.69) is 31.6 Å². The van der Waals surface area contributed by atoms with Crippen molar-refractivity contribution in [1.82, 2.24) is 5.48 Å². The van der Waals surface area contributed by atoms with Crippen molar-refractivity contribution in [2.45, 2.75) is 0 Å². The first-order chi connectivity index (χ1) is 8.08. The van der Waals surface area contributed by atoms with Gasteiger partial charge in [0.25, 0.3) is 0 Å². The van der Waals surface area contributed by atoms with Crippen LogP contribution in [-0.4, -0.2) is 25.0 Å². The minimum Gasteiger partial charge on any atom is -0.368 e. The van der Waals surface area contributed by atoms with Crippen LogP contribution in [0.1, 0.15) is 0 Å². The summed E-state index contributed by atoms with van der Waals surface area (Å²) in [5, 5.41) is 2.64. The summed E-state index contributed by atoms with van der Waals surface area (Å²) in [4.78, 5) is 26.3. The smallest absolute Gasteiger partial charge is 0.245 e.